The predicted octanol–water partition coefficient (Wildman–Crippen LogP) is 3.37. The summed E-state index contributed by atoms with van der Waals surface area (Å²) in [5, 5.41) is 10.5. The summed E-state index contributed by atoms with van der Waals surface area (Å²) in [4.78, 5) is 38.6. The molecule has 0 saturated heterocycles. The summed E-state index contributed by atoms with van der Waals surface area (Å²) in [6.07, 6.45) is 0.516. The number of esters is 1. The lowest BCUT2D eigenvalue weighted by Gasteiger charge is -2.22. The molecule has 192 valence electrons. The van der Waals surface area contributed by atoms with Crippen molar-refractivity contribution >= 4 is 35.3 Å². The second kappa shape index (κ2) is 13.1. The van der Waals surface area contributed by atoms with Gasteiger partial charge in [-0.05, 0) is 25.5 Å². The van der Waals surface area contributed by atoms with Crippen LogP contribution in [0.15, 0.2) is 30.3 Å². The maximum absolute atomic E-state index is 13.0. The van der Waals surface area contributed by atoms with E-state index in [1.54, 1.807) is 36.9 Å². The molecule has 0 aliphatic carbocycles. The zero-order chi connectivity index (χ0) is 26.0. The van der Waals surface area contributed by atoms with Crippen LogP contribution in [0.4, 0.5) is 10.6 Å². The number of nitrogens with one attached hydrogen (secondary N) is 2. The largest absolute Gasteiger partial charge is 0.465 e. The lowest BCUT2D eigenvalue weighted by atomic mass is 9.92. The Morgan fingerprint density at radius 1 is 1.20 bits per heavy atom. The molecular formula is C24H34ClN5O5. The number of urea groups is 1. The molecule has 0 atom stereocenters. The number of hydrogen-bond donors (Lipinski definition) is 2. The molecule has 0 bridgehead atoms. The standard InChI is InChI=1S/C24H34ClN5O5/c1-6-35-22(32)15-26-23(33)29(12-9-13-34-5)16-21(31)27-20-14-19(24(2,3)4)28-30(20)18-11-8-7-10-17(18)25/h7-8,10-11,14H,6,9,12-13,15-16H2,1-5H3,(H,26,33)(H,27,31). The summed E-state index contributed by atoms with van der Waals surface area (Å²) < 4.78 is 11.5. The SMILES string of the molecule is CCOC(=O)CNC(=O)N(CCCOC)CC(=O)Nc1cc(C(C)(C)C)nn1-c1ccccc1Cl. The summed E-state index contributed by atoms with van der Waals surface area (Å²) in [5.41, 5.74) is 1.10. The molecule has 0 saturated carbocycles. The van der Waals surface area contributed by atoms with Gasteiger partial charge in [0.05, 0.1) is 23.0 Å². The van der Waals surface area contributed by atoms with Gasteiger partial charge < -0.3 is 25.0 Å². The van der Waals surface area contributed by atoms with Crippen LogP contribution in [0.3, 0.4) is 0 Å². The fraction of sp³-hybridized carbons (Fsp3) is 0.500. The number of rotatable bonds is 11. The zero-order valence-electron chi connectivity index (χ0n) is 20.9. The molecule has 3 amide bonds. The van der Waals surface area contributed by atoms with Crippen molar-refractivity contribution in [2.24, 2.45) is 0 Å². The molecule has 0 radical (unpaired) electrons. The molecule has 10 nitrogen and oxygen atoms in total. The summed E-state index contributed by atoms with van der Waals surface area (Å²) in [5.74, 6) is -0.556. The Labute approximate surface area is 210 Å². The van der Waals surface area contributed by atoms with E-state index < -0.39 is 17.9 Å². The van der Waals surface area contributed by atoms with E-state index in [1.165, 1.54) is 4.90 Å². The highest BCUT2D eigenvalue weighted by atomic mass is 35.5. The van der Waals surface area contributed by atoms with Crippen LogP contribution in [0.1, 0.15) is 39.8 Å². The van der Waals surface area contributed by atoms with E-state index in [1.807, 2.05) is 32.9 Å². The Balaban J connectivity index is 2.21. The zero-order valence-corrected chi connectivity index (χ0v) is 21.6. The fourth-order valence-electron chi connectivity index (χ4n) is 3.12. The maximum Gasteiger partial charge on any atom is 0.325 e. The van der Waals surface area contributed by atoms with Crippen molar-refractivity contribution in [1.29, 1.82) is 0 Å². The Hall–Kier alpha value is -3.11. The quantitative estimate of drug-likeness (QED) is 0.356. The van der Waals surface area contributed by atoms with Crippen molar-refractivity contribution < 1.29 is 23.9 Å². The van der Waals surface area contributed by atoms with Gasteiger partial charge in [0.1, 0.15) is 18.9 Å². The number of aromatic nitrogens is 2. The molecule has 0 spiro atoms. The number of carbonyl (C=O) groups is 3. The van der Waals surface area contributed by atoms with Crippen LogP contribution in [0.5, 0.6) is 0 Å². The van der Waals surface area contributed by atoms with Crippen molar-refractivity contribution in [3.63, 3.8) is 0 Å². The molecule has 0 aliphatic heterocycles. The second-order valence-corrected chi connectivity index (χ2v) is 9.22. The van der Waals surface area contributed by atoms with Crippen molar-refractivity contribution in [1.82, 2.24) is 20.0 Å². The van der Waals surface area contributed by atoms with E-state index in [-0.39, 0.29) is 31.7 Å². The first-order chi connectivity index (χ1) is 16.6. The molecule has 2 N–H and O–H groups in total. The summed E-state index contributed by atoms with van der Waals surface area (Å²) in [6, 6.07) is 8.42. The molecular weight excluding hydrogens is 474 g/mol. The summed E-state index contributed by atoms with van der Waals surface area (Å²) in [7, 11) is 1.56. The van der Waals surface area contributed by atoms with E-state index in [0.717, 1.165) is 5.69 Å². The average molecular weight is 508 g/mol. The minimum absolute atomic E-state index is 0.213. The highest BCUT2D eigenvalue weighted by Crippen LogP contribution is 2.29. The lowest BCUT2D eigenvalue weighted by Crippen LogP contribution is -2.46. The first-order valence-electron chi connectivity index (χ1n) is 11.4. The molecule has 1 heterocycles. The van der Waals surface area contributed by atoms with Gasteiger partial charge in [-0.2, -0.15) is 5.10 Å². The Kier molecular flexibility index (Phi) is 10.5. The number of halogens is 1. The minimum atomic E-state index is -0.556. The van der Waals surface area contributed by atoms with E-state index in [4.69, 9.17) is 21.1 Å². The van der Waals surface area contributed by atoms with Crippen molar-refractivity contribution in [3.8, 4) is 5.69 Å². The van der Waals surface area contributed by atoms with Gasteiger partial charge in [0, 0.05) is 31.7 Å². The fourth-order valence-corrected chi connectivity index (χ4v) is 3.34. The molecule has 2 aromatic rings. The monoisotopic (exact) mass is 507 g/mol. The van der Waals surface area contributed by atoms with Crippen LogP contribution >= 0.6 is 11.6 Å². The number of carbonyl (C=O) groups excluding carboxylic acids is 3. The van der Waals surface area contributed by atoms with Crippen molar-refractivity contribution in [2.75, 3.05) is 45.3 Å². The van der Waals surface area contributed by atoms with Gasteiger partial charge >= 0.3 is 12.0 Å². The van der Waals surface area contributed by atoms with Gasteiger partial charge in [-0.15, -0.1) is 0 Å². The molecule has 11 heteroatoms. The molecule has 0 fully saturated rings. The molecule has 0 aliphatic rings. The summed E-state index contributed by atoms with van der Waals surface area (Å²) in [6.45, 7) is 8.09. The normalized spacial score (nSPS) is 11.1. The predicted molar refractivity (Wildman–Crippen MR) is 134 cm³/mol. The van der Waals surface area contributed by atoms with Gasteiger partial charge in [-0.3, -0.25) is 9.59 Å². The number of methoxy groups -OCH3 is 1. The third-order valence-corrected chi connectivity index (χ3v) is 5.23. The summed E-state index contributed by atoms with van der Waals surface area (Å²) >= 11 is 6.39. The van der Waals surface area contributed by atoms with Crippen molar-refractivity contribution in [2.45, 2.75) is 39.5 Å². The average Bonchev–Trinajstić information content (AvgIpc) is 3.21. The van der Waals surface area contributed by atoms with Crippen molar-refractivity contribution in [3.05, 3.63) is 41.0 Å². The highest BCUT2D eigenvalue weighted by Gasteiger charge is 2.24. The maximum atomic E-state index is 13.0. The second-order valence-electron chi connectivity index (χ2n) is 8.81. The van der Waals surface area contributed by atoms with Gasteiger partial charge in [0.2, 0.25) is 5.91 Å². The van der Waals surface area contributed by atoms with Crippen LogP contribution in [-0.4, -0.2) is 72.5 Å². The van der Waals surface area contributed by atoms with Crippen LogP contribution in [-0.2, 0) is 24.5 Å². The molecule has 0 unspecified atom stereocenters. The van der Waals surface area contributed by atoms with Crippen LogP contribution in [0.25, 0.3) is 5.69 Å². The van der Waals surface area contributed by atoms with Gasteiger partial charge in [0.25, 0.3) is 0 Å². The van der Waals surface area contributed by atoms with Crippen LogP contribution < -0.4 is 10.6 Å². The number of para-hydroxylation sites is 1. The van der Waals surface area contributed by atoms with Crippen LogP contribution in [0.2, 0.25) is 5.02 Å². The third kappa shape index (κ3) is 8.56. The Morgan fingerprint density at radius 2 is 1.91 bits per heavy atom. The van der Waals surface area contributed by atoms with Crippen LogP contribution in [0, 0.1) is 0 Å². The minimum Gasteiger partial charge on any atom is -0.465 e. The molecule has 2 rings (SSSR count). The third-order valence-electron chi connectivity index (χ3n) is 4.91. The lowest BCUT2D eigenvalue weighted by molar-refractivity contribution is -0.141. The molecule has 1 aromatic heterocycles. The van der Waals surface area contributed by atoms with E-state index in [0.29, 0.717) is 29.6 Å². The van der Waals surface area contributed by atoms with Gasteiger partial charge in [-0.25, -0.2) is 9.48 Å². The molecule has 35 heavy (non-hydrogen) atoms. The first kappa shape index (κ1) is 28.1. The number of benzene rings is 1. The number of anilines is 1. The smallest absolute Gasteiger partial charge is 0.325 e. The Bertz CT molecular complexity index is 1020. The number of hydrogen-bond acceptors (Lipinski definition) is 6. The Morgan fingerprint density at radius 3 is 2.54 bits per heavy atom. The van der Waals surface area contributed by atoms with E-state index in [2.05, 4.69) is 15.7 Å². The van der Waals surface area contributed by atoms with E-state index >= 15 is 0 Å². The molecule has 1 aromatic carbocycles. The van der Waals surface area contributed by atoms with Gasteiger partial charge in [-0.1, -0.05) is 44.5 Å². The number of ether oxygens (including phenoxy) is 2. The number of nitrogens with zero attached hydrogens (tertiary/aromatic N) is 3. The van der Waals surface area contributed by atoms with Gasteiger partial charge in [0.15, 0.2) is 0 Å². The van der Waals surface area contributed by atoms with E-state index in [9.17, 15) is 14.4 Å². The first-order valence-corrected chi connectivity index (χ1v) is 11.8. The highest BCUT2D eigenvalue weighted by molar-refractivity contribution is 6.32. The topological polar surface area (TPSA) is 115 Å². The number of amides is 3.